The van der Waals surface area contributed by atoms with Crippen molar-refractivity contribution in [2.24, 2.45) is 0 Å². The van der Waals surface area contributed by atoms with E-state index in [1.807, 2.05) is 0 Å². The predicted molar refractivity (Wildman–Crippen MR) is 47.6 cm³/mol. The van der Waals surface area contributed by atoms with Crippen molar-refractivity contribution in [3.63, 3.8) is 0 Å². The van der Waals surface area contributed by atoms with Crippen molar-refractivity contribution in [2.75, 3.05) is 0 Å². The standard InChI is InChI=1S/C6H11.C3H5.Sn/c1-2-4-6-5-3-1;1-3-2;/h1H,2-6H2;3H,1-2H2;. The third-order valence-corrected chi connectivity index (χ3v) is 6.95. The molecular weight excluding hydrogens is 227 g/mol. The Balaban J connectivity index is 2.07. The third-order valence-electron chi connectivity index (χ3n) is 2.16. The minimum absolute atomic E-state index is 0.00901. The Bertz CT molecular complexity index is 92.9. The van der Waals surface area contributed by atoms with Crippen molar-refractivity contribution in [2.45, 2.75) is 40.5 Å². The molecule has 0 aliphatic heterocycles. The van der Waals surface area contributed by atoms with E-state index in [2.05, 4.69) is 12.7 Å². The van der Waals surface area contributed by atoms with Crippen LogP contribution in [0.4, 0.5) is 0 Å². The molecule has 56 valence electrons. The molecule has 1 fully saturated rings. The summed E-state index contributed by atoms with van der Waals surface area (Å²) < 4.78 is 2.60. The van der Waals surface area contributed by atoms with Crippen molar-refractivity contribution in [1.82, 2.24) is 0 Å². The minimum atomic E-state index is -0.00901. The Morgan fingerprint density at radius 2 is 2.00 bits per heavy atom. The fourth-order valence-electron chi connectivity index (χ4n) is 1.56. The monoisotopic (exact) mass is 244 g/mol. The number of hydrogen-bond donors (Lipinski definition) is 0. The van der Waals surface area contributed by atoms with E-state index < -0.39 is 0 Å². The first-order chi connectivity index (χ1) is 4.93. The summed E-state index contributed by atoms with van der Waals surface area (Å²) in [5, 5.41) is 0. The zero-order valence-corrected chi connectivity index (χ0v) is 9.46. The zero-order chi connectivity index (χ0) is 7.23. The fourth-order valence-corrected chi connectivity index (χ4v) is 5.31. The van der Waals surface area contributed by atoms with Crippen LogP contribution in [0.1, 0.15) is 32.1 Å². The van der Waals surface area contributed by atoms with Crippen LogP contribution in [0.2, 0.25) is 8.37 Å². The quantitative estimate of drug-likeness (QED) is 0.527. The van der Waals surface area contributed by atoms with Crippen molar-refractivity contribution < 1.29 is 0 Å². The first-order valence-corrected chi connectivity index (χ1v) is 7.94. The van der Waals surface area contributed by atoms with Gasteiger partial charge in [-0.05, 0) is 0 Å². The summed E-state index contributed by atoms with van der Waals surface area (Å²) in [5.74, 6) is 0. The van der Waals surface area contributed by atoms with Crippen LogP contribution in [0.3, 0.4) is 0 Å². The molecule has 0 bridgehead atoms. The van der Waals surface area contributed by atoms with Crippen molar-refractivity contribution >= 4 is 21.1 Å². The van der Waals surface area contributed by atoms with E-state index in [1.54, 1.807) is 12.8 Å². The van der Waals surface area contributed by atoms with Gasteiger partial charge >= 0.3 is 74.3 Å². The normalized spacial score (nSPS) is 20.8. The first-order valence-electron chi connectivity index (χ1n) is 4.28. The molecule has 0 nitrogen and oxygen atoms in total. The molecule has 10 heavy (non-hydrogen) atoms. The van der Waals surface area contributed by atoms with E-state index in [9.17, 15) is 0 Å². The van der Waals surface area contributed by atoms with Gasteiger partial charge in [-0.2, -0.15) is 0 Å². The molecule has 1 saturated carbocycles. The van der Waals surface area contributed by atoms with Crippen molar-refractivity contribution in [3.8, 4) is 0 Å². The molecule has 1 aliphatic carbocycles. The van der Waals surface area contributed by atoms with Crippen molar-refractivity contribution in [3.05, 3.63) is 12.7 Å². The predicted octanol–water partition coefficient (Wildman–Crippen LogP) is 3.05. The Labute approximate surface area is 74.3 Å². The van der Waals surface area contributed by atoms with Crippen LogP contribution < -0.4 is 0 Å². The molecule has 0 aromatic carbocycles. The van der Waals surface area contributed by atoms with Gasteiger partial charge in [-0.25, -0.2) is 0 Å². The van der Waals surface area contributed by atoms with Gasteiger partial charge in [0.05, 0.1) is 0 Å². The van der Waals surface area contributed by atoms with Crippen LogP contribution in [0.15, 0.2) is 12.7 Å². The van der Waals surface area contributed by atoms with Gasteiger partial charge in [-0.1, -0.05) is 0 Å². The molecule has 0 aromatic heterocycles. The van der Waals surface area contributed by atoms with Gasteiger partial charge < -0.3 is 0 Å². The van der Waals surface area contributed by atoms with E-state index >= 15 is 0 Å². The molecule has 0 atom stereocenters. The molecule has 1 heteroatoms. The van der Waals surface area contributed by atoms with Gasteiger partial charge in [0, 0.05) is 0 Å². The van der Waals surface area contributed by atoms with E-state index in [0.29, 0.717) is 0 Å². The molecule has 0 unspecified atom stereocenters. The average Bonchev–Trinajstić information content (AvgIpc) is 2.03. The van der Waals surface area contributed by atoms with E-state index in [4.69, 9.17) is 0 Å². The third kappa shape index (κ3) is 3.09. The van der Waals surface area contributed by atoms with E-state index in [1.165, 1.54) is 27.6 Å². The van der Waals surface area contributed by atoms with Gasteiger partial charge in [0.2, 0.25) is 0 Å². The molecule has 1 aliphatic rings. The maximum absolute atomic E-state index is 3.79. The molecular formula is C9H16Sn. The molecule has 0 saturated heterocycles. The van der Waals surface area contributed by atoms with Gasteiger partial charge in [-0.3, -0.25) is 0 Å². The second kappa shape index (κ2) is 5.22. The maximum atomic E-state index is 3.79. The van der Waals surface area contributed by atoms with E-state index in [0.717, 1.165) is 0 Å². The molecule has 0 aromatic rings. The van der Waals surface area contributed by atoms with Crippen LogP contribution in [0.25, 0.3) is 0 Å². The molecule has 0 heterocycles. The number of hydrogen-bond acceptors (Lipinski definition) is 0. The molecule has 0 N–H and O–H groups in total. The molecule has 0 spiro atoms. The first kappa shape index (κ1) is 8.63. The van der Waals surface area contributed by atoms with Crippen LogP contribution in [0.5, 0.6) is 0 Å². The van der Waals surface area contributed by atoms with Crippen molar-refractivity contribution in [1.29, 1.82) is 0 Å². The zero-order valence-electron chi connectivity index (χ0n) is 6.60. The summed E-state index contributed by atoms with van der Waals surface area (Å²) in [5.41, 5.74) is 0. The van der Waals surface area contributed by atoms with Gasteiger partial charge in [-0.15, -0.1) is 0 Å². The Kier molecular flexibility index (Phi) is 4.51. The second-order valence-electron chi connectivity index (χ2n) is 3.03. The molecule has 2 radical (unpaired) electrons. The molecule has 1 rings (SSSR count). The Morgan fingerprint density at radius 3 is 2.60 bits per heavy atom. The summed E-state index contributed by atoms with van der Waals surface area (Å²) in [7, 11) is 0. The van der Waals surface area contributed by atoms with Gasteiger partial charge in [0.25, 0.3) is 0 Å². The molecule has 0 amide bonds. The SMILES string of the molecule is C=C[CH2][Sn][CH]1CCCCC1. The van der Waals surface area contributed by atoms with Gasteiger partial charge in [0.1, 0.15) is 0 Å². The summed E-state index contributed by atoms with van der Waals surface area (Å²) in [4.78, 5) is 0. The second-order valence-corrected chi connectivity index (χ2v) is 7.69. The summed E-state index contributed by atoms with van der Waals surface area (Å²) >= 11 is -0.00901. The van der Waals surface area contributed by atoms with Crippen LogP contribution in [-0.2, 0) is 0 Å². The summed E-state index contributed by atoms with van der Waals surface area (Å²) in [6.45, 7) is 3.79. The average molecular weight is 243 g/mol. The Hall–Kier alpha value is 0.539. The Morgan fingerprint density at radius 1 is 1.30 bits per heavy atom. The summed E-state index contributed by atoms with van der Waals surface area (Å²) in [6, 6.07) is 0. The number of allylic oxidation sites excluding steroid dienone is 1. The van der Waals surface area contributed by atoms with Crippen LogP contribution in [-0.4, -0.2) is 21.1 Å². The fraction of sp³-hybridized carbons (Fsp3) is 0.778. The topological polar surface area (TPSA) is 0 Å². The summed E-state index contributed by atoms with van der Waals surface area (Å²) in [6.07, 6.45) is 9.77. The van der Waals surface area contributed by atoms with Gasteiger partial charge in [0.15, 0.2) is 0 Å². The number of rotatable bonds is 3. The van der Waals surface area contributed by atoms with Crippen LogP contribution in [0, 0.1) is 0 Å². The van der Waals surface area contributed by atoms with E-state index in [-0.39, 0.29) is 21.1 Å². The van der Waals surface area contributed by atoms with Crippen LogP contribution >= 0.6 is 0 Å².